The number of rotatable bonds is 3. The summed E-state index contributed by atoms with van der Waals surface area (Å²) in [6, 6.07) is 4.12. The van der Waals surface area contributed by atoms with Gasteiger partial charge in [0.25, 0.3) is 11.6 Å². The normalized spacial score (nSPS) is 9.88. The average molecular weight is 233 g/mol. The summed E-state index contributed by atoms with van der Waals surface area (Å²) in [5.41, 5.74) is 0.219. The topological polar surface area (TPSA) is 98.3 Å². The van der Waals surface area contributed by atoms with Gasteiger partial charge in [-0.25, -0.2) is 4.98 Å². The molecule has 1 amide bonds. The minimum atomic E-state index is -0.561. The van der Waals surface area contributed by atoms with Gasteiger partial charge in [0.05, 0.1) is 16.7 Å². The number of carbonyl (C=O) groups is 1. The zero-order chi connectivity index (χ0) is 12.3. The fourth-order valence-electron chi connectivity index (χ4n) is 1.15. The third-order valence-electron chi connectivity index (χ3n) is 1.98. The molecule has 2 rings (SSSR count). The smallest absolute Gasteiger partial charge is 0.287 e. The van der Waals surface area contributed by atoms with Crippen LogP contribution in [0, 0.1) is 10.1 Å². The Morgan fingerprint density at radius 3 is 2.76 bits per heavy atom. The second kappa shape index (κ2) is 4.44. The number of carbonyl (C=O) groups excluding carboxylic acids is 1. The lowest BCUT2D eigenvalue weighted by Crippen LogP contribution is -2.11. The Labute approximate surface area is 95.2 Å². The largest absolute Gasteiger partial charge is 0.472 e. The number of hydrogen-bond donors (Lipinski definition) is 1. The van der Waals surface area contributed by atoms with Crippen molar-refractivity contribution in [1.82, 2.24) is 4.98 Å². The van der Waals surface area contributed by atoms with Crippen LogP contribution in [-0.4, -0.2) is 15.8 Å². The van der Waals surface area contributed by atoms with Gasteiger partial charge >= 0.3 is 0 Å². The molecule has 0 saturated carbocycles. The van der Waals surface area contributed by atoms with Crippen molar-refractivity contribution < 1.29 is 14.1 Å². The van der Waals surface area contributed by atoms with E-state index >= 15 is 0 Å². The molecule has 86 valence electrons. The van der Waals surface area contributed by atoms with E-state index in [9.17, 15) is 14.9 Å². The third-order valence-corrected chi connectivity index (χ3v) is 1.98. The summed E-state index contributed by atoms with van der Waals surface area (Å²) in [6.45, 7) is 0. The van der Waals surface area contributed by atoms with Gasteiger partial charge in [0.1, 0.15) is 18.3 Å². The average Bonchev–Trinajstić information content (AvgIpc) is 2.83. The molecule has 0 saturated heterocycles. The van der Waals surface area contributed by atoms with Gasteiger partial charge in [-0.1, -0.05) is 0 Å². The molecule has 0 spiro atoms. The Bertz CT molecular complexity index is 533. The van der Waals surface area contributed by atoms with Crippen molar-refractivity contribution in [1.29, 1.82) is 0 Å². The molecule has 7 nitrogen and oxygen atoms in total. The molecular formula is C10H7N3O4. The van der Waals surface area contributed by atoms with Gasteiger partial charge in [0.15, 0.2) is 0 Å². The Morgan fingerprint density at radius 1 is 1.41 bits per heavy atom. The van der Waals surface area contributed by atoms with Gasteiger partial charge in [-0.3, -0.25) is 14.9 Å². The lowest BCUT2D eigenvalue weighted by atomic mass is 10.3. The SMILES string of the molecule is O=C(Nc1ccc([N+](=O)[O-])cn1)c1ccoc1. The van der Waals surface area contributed by atoms with Crippen molar-refractivity contribution in [3.63, 3.8) is 0 Å². The molecule has 0 radical (unpaired) electrons. The first kappa shape index (κ1) is 10.8. The zero-order valence-corrected chi connectivity index (χ0v) is 8.49. The van der Waals surface area contributed by atoms with Crippen LogP contribution in [0.25, 0.3) is 0 Å². The van der Waals surface area contributed by atoms with Crippen molar-refractivity contribution in [3.8, 4) is 0 Å². The molecule has 0 unspecified atom stereocenters. The molecule has 0 fully saturated rings. The fourth-order valence-corrected chi connectivity index (χ4v) is 1.15. The van der Waals surface area contributed by atoms with Crippen LogP contribution < -0.4 is 5.32 Å². The number of amides is 1. The molecule has 0 atom stereocenters. The quantitative estimate of drug-likeness (QED) is 0.644. The lowest BCUT2D eigenvalue weighted by Gasteiger charge is -2.01. The maximum atomic E-state index is 11.5. The highest BCUT2D eigenvalue weighted by Gasteiger charge is 2.09. The standard InChI is InChI=1S/C10H7N3O4/c14-10(7-3-4-17-6-7)12-9-2-1-8(5-11-9)13(15)16/h1-6H,(H,11,12,14). The summed E-state index contributed by atoms with van der Waals surface area (Å²) >= 11 is 0. The maximum absolute atomic E-state index is 11.5. The first-order valence-corrected chi connectivity index (χ1v) is 4.61. The molecule has 17 heavy (non-hydrogen) atoms. The minimum Gasteiger partial charge on any atom is -0.472 e. The van der Waals surface area contributed by atoms with Crippen LogP contribution in [0.3, 0.4) is 0 Å². The van der Waals surface area contributed by atoms with Crippen LogP contribution in [0.15, 0.2) is 41.3 Å². The minimum absolute atomic E-state index is 0.133. The van der Waals surface area contributed by atoms with E-state index in [4.69, 9.17) is 4.42 Å². The van der Waals surface area contributed by atoms with Crippen molar-refractivity contribution in [3.05, 3.63) is 52.6 Å². The van der Waals surface area contributed by atoms with Gasteiger partial charge in [0.2, 0.25) is 0 Å². The number of anilines is 1. The van der Waals surface area contributed by atoms with Crippen molar-refractivity contribution in [2.24, 2.45) is 0 Å². The molecule has 2 aromatic heterocycles. The summed E-state index contributed by atoms with van der Waals surface area (Å²) in [7, 11) is 0. The van der Waals surface area contributed by atoms with Crippen LogP contribution in [0.4, 0.5) is 11.5 Å². The van der Waals surface area contributed by atoms with E-state index in [0.717, 1.165) is 6.20 Å². The van der Waals surface area contributed by atoms with Crippen LogP contribution in [-0.2, 0) is 0 Å². The van der Waals surface area contributed by atoms with Crippen LogP contribution in [0.5, 0.6) is 0 Å². The molecular weight excluding hydrogens is 226 g/mol. The fraction of sp³-hybridized carbons (Fsp3) is 0. The summed E-state index contributed by atoms with van der Waals surface area (Å²) in [5.74, 6) is -0.151. The monoisotopic (exact) mass is 233 g/mol. The summed E-state index contributed by atoms with van der Waals surface area (Å²) in [4.78, 5) is 25.1. The molecule has 0 aliphatic carbocycles. The Morgan fingerprint density at radius 2 is 2.24 bits per heavy atom. The van der Waals surface area contributed by atoms with E-state index in [1.165, 1.54) is 30.7 Å². The third kappa shape index (κ3) is 2.46. The lowest BCUT2D eigenvalue weighted by molar-refractivity contribution is -0.385. The molecule has 2 heterocycles. The van der Waals surface area contributed by atoms with Gasteiger partial charge in [-0.2, -0.15) is 0 Å². The molecule has 0 bridgehead atoms. The van der Waals surface area contributed by atoms with Crippen molar-refractivity contribution in [2.75, 3.05) is 5.32 Å². The highest BCUT2D eigenvalue weighted by molar-refractivity contribution is 6.03. The van der Waals surface area contributed by atoms with Gasteiger partial charge in [-0.15, -0.1) is 0 Å². The molecule has 1 N–H and O–H groups in total. The summed E-state index contributed by atoms with van der Waals surface area (Å²) in [6.07, 6.45) is 3.74. The number of nitrogens with zero attached hydrogens (tertiary/aromatic N) is 2. The number of furan rings is 1. The van der Waals surface area contributed by atoms with Gasteiger partial charge in [0, 0.05) is 6.07 Å². The molecule has 7 heteroatoms. The number of aromatic nitrogens is 1. The summed E-state index contributed by atoms with van der Waals surface area (Å²) in [5, 5.41) is 12.9. The molecule has 0 aliphatic rings. The second-order valence-electron chi connectivity index (χ2n) is 3.12. The van der Waals surface area contributed by atoms with Crippen LogP contribution >= 0.6 is 0 Å². The predicted molar refractivity (Wildman–Crippen MR) is 57.6 cm³/mol. The van der Waals surface area contributed by atoms with E-state index in [1.807, 2.05) is 0 Å². The zero-order valence-electron chi connectivity index (χ0n) is 8.49. The van der Waals surface area contributed by atoms with Gasteiger partial charge in [-0.05, 0) is 12.1 Å². The summed E-state index contributed by atoms with van der Waals surface area (Å²) < 4.78 is 4.75. The van der Waals surface area contributed by atoms with Crippen molar-refractivity contribution in [2.45, 2.75) is 0 Å². The van der Waals surface area contributed by atoms with E-state index < -0.39 is 4.92 Å². The van der Waals surface area contributed by atoms with E-state index in [2.05, 4.69) is 10.3 Å². The van der Waals surface area contributed by atoms with E-state index in [1.54, 1.807) is 0 Å². The molecule has 0 aliphatic heterocycles. The Hall–Kier alpha value is -2.70. The van der Waals surface area contributed by atoms with Gasteiger partial charge < -0.3 is 9.73 Å². The highest BCUT2D eigenvalue weighted by Crippen LogP contribution is 2.12. The van der Waals surface area contributed by atoms with Crippen LogP contribution in [0.1, 0.15) is 10.4 Å². The predicted octanol–water partition coefficient (Wildman–Crippen LogP) is 1.84. The van der Waals surface area contributed by atoms with Crippen LogP contribution in [0.2, 0.25) is 0 Å². The van der Waals surface area contributed by atoms with E-state index in [0.29, 0.717) is 5.56 Å². The first-order valence-electron chi connectivity index (χ1n) is 4.61. The number of hydrogen-bond acceptors (Lipinski definition) is 5. The Kier molecular flexibility index (Phi) is 2.82. The second-order valence-corrected chi connectivity index (χ2v) is 3.12. The Balaban J connectivity index is 2.09. The molecule has 0 aromatic carbocycles. The number of nitrogens with one attached hydrogen (secondary N) is 1. The first-order chi connectivity index (χ1) is 8.16. The number of pyridine rings is 1. The number of nitro groups is 1. The maximum Gasteiger partial charge on any atom is 0.287 e. The highest BCUT2D eigenvalue weighted by atomic mass is 16.6. The van der Waals surface area contributed by atoms with E-state index in [-0.39, 0.29) is 17.4 Å². The molecule has 2 aromatic rings. The van der Waals surface area contributed by atoms with Crippen molar-refractivity contribution >= 4 is 17.4 Å².